The monoisotopic (exact) mass is 264 g/mol. The third kappa shape index (κ3) is 4.12. The van der Waals surface area contributed by atoms with Gasteiger partial charge in [0, 0.05) is 6.04 Å². The summed E-state index contributed by atoms with van der Waals surface area (Å²) < 4.78 is 5.18. The highest BCUT2D eigenvalue weighted by Crippen LogP contribution is 2.17. The zero-order chi connectivity index (χ0) is 13.7. The first-order valence-corrected chi connectivity index (χ1v) is 6.79. The number of hydrogen-bond donors (Lipinski definition) is 2. The predicted octanol–water partition coefficient (Wildman–Crippen LogP) is 1.77. The lowest BCUT2D eigenvalue weighted by Crippen LogP contribution is -2.42. The highest BCUT2D eigenvalue weighted by Gasteiger charge is 2.16. The van der Waals surface area contributed by atoms with Crippen molar-refractivity contribution in [1.29, 1.82) is 0 Å². The molecule has 0 radical (unpaired) electrons. The van der Waals surface area contributed by atoms with Crippen LogP contribution in [0.5, 0.6) is 0 Å². The van der Waals surface area contributed by atoms with E-state index in [9.17, 15) is 9.59 Å². The Balaban J connectivity index is 1.72. The van der Waals surface area contributed by atoms with Crippen molar-refractivity contribution in [2.24, 2.45) is 0 Å². The van der Waals surface area contributed by atoms with Crippen molar-refractivity contribution in [3.05, 3.63) is 23.7 Å². The van der Waals surface area contributed by atoms with Gasteiger partial charge in [0.15, 0.2) is 5.76 Å². The van der Waals surface area contributed by atoms with Gasteiger partial charge < -0.3 is 15.1 Å². The second-order valence-corrected chi connectivity index (χ2v) is 5.00. The van der Waals surface area contributed by atoms with Gasteiger partial charge in [0.05, 0.1) is 6.54 Å². The number of hydrogen-bond acceptors (Lipinski definition) is 3. The lowest BCUT2D eigenvalue weighted by atomic mass is 9.95. The van der Waals surface area contributed by atoms with Gasteiger partial charge in [0.25, 0.3) is 5.91 Å². The molecule has 19 heavy (non-hydrogen) atoms. The predicted molar refractivity (Wildman–Crippen MR) is 70.8 cm³/mol. The molecule has 2 rings (SSSR count). The third-order valence-electron chi connectivity index (χ3n) is 3.34. The molecule has 1 heterocycles. The zero-order valence-corrected chi connectivity index (χ0v) is 11.2. The maximum Gasteiger partial charge on any atom is 0.287 e. The molecule has 0 aliphatic heterocycles. The molecule has 1 aromatic rings. The van der Waals surface area contributed by atoms with Gasteiger partial charge in [-0.3, -0.25) is 9.59 Å². The lowest BCUT2D eigenvalue weighted by molar-refractivity contribution is -0.121. The van der Waals surface area contributed by atoms with Crippen molar-refractivity contribution < 1.29 is 14.0 Å². The van der Waals surface area contributed by atoms with Crippen molar-refractivity contribution in [2.45, 2.75) is 45.1 Å². The molecule has 2 amide bonds. The number of furan rings is 1. The third-order valence-corrected chi connectivity index (χ3v) is 3.34. The molecule has 1 fully saturated rings. The van der Waals surface area contributed by atoms with Crippen LogP contribution in [0.1, 0.15) is 48.4 Å². The van der Waals surface area contributed by atoms with Gasteiger partial charge in [-0.1, -0.05) is 19.3 Å². The van der Waals surface area contributed by atoms with Crippen LogP contribution in [-0.2, 0) is 4.79 Å². The van der Waals surface area contributed by atoms with Crippen LogP contribution < -0.4 is 10.6 Å². The van der Waals surface area contributed by atoms with Crippen LogP contribution in [0.2, 0.25) is 0 Å². The summed E-state index contributed by atoms with van der Waals surface area (Å²) in [6.07, 6.45) is 5.67. The molecule has 2 N–H and O–H groups in total. The summed E-state index contributed by atoms with van der Waals surface area (Å²) in [7, 11) is 0. The fourth-order valence-corrected chi connectivity index (χ4v) is 2.33. The van der Waals surface area contributed by atoms with E-state index in [1.807, 2.05) is 0 Å². The van der Waals surface area contributed by atoms with E-state index in [4.69, 9.17) is 4.42 Å². The normalized spacial score (nSPS) is 16.1. The topological polar surface area (TPSA) is 71.3 Å². The average molecular weight is 264 g/mol. The van der Waals surface area contributed by atoms with Crippen LogP contribution in [0.4, 0.5) is 0 Å². The van der Waals surface area contributed by atoms with Crippen molar-refractivity contribution in [3.8, 4) is 0 Å². The van der Waals surface area contributed by atoms with Crippen LogP contribution in [0, 0.1) is 6.92 Å². The molecular weight excluding hydrogens is 244 g/mol. The van der Waals surface area contributed by atoms with Crippen molar-refractivity contribution >= 4 is 11.8 Å². The minimum absolute atomic E-state index is 0.00488. The SMILES string of the molecule is Cc1ccc(C(=O)NCC(=O)NC2CCCCC2)o1. The number of carbonyl (C=O) groups is 2. The molecule has 0 bridgehead atoms. The Kier molecular flexibility index (Phi) is 4.60. The molecule has 5 heteroatoms. The van der Waals surface area contributed by atoms with E-state index in [2.05, 4.69) is 10.6 Å². The smallest absolute Gasteiger partial charge is 0.287 e. The maximum atomic E-state index is 11.7. The van der Waals surface area contributed by atoms with Gasteiger partial charge in [-0.05, 0) is 31.9 Å². The van der Waals surface area contributed by atoms with E-state index in [0.29, 0.717) is 5.76 Å². The minimum Gasteiger partial charge on any atom is -0.456 e. The zero-order valence-electron chi connectivity index (χ0n) is 11.2. The Morgan fingerprint density at radius 3 is 2.63 bits per heavy atom. The van der Waals surface area contributed by atoms with Crippen molar-refractivity contribution in [1.82, 2.24) is 10.6 Å². The fraction of sp³-hybridized carbons (Fsp3) is 0.571. The first kappa shape index (κ1) is 13.6. The number of nitrogens with one attached hydrogen (secondary N) is 2. The van der Waals surface area contributed by atoms with Gasteiger partial charge in [0.1, 0.15) is 5.76 Å². The molecule has 5 nitrogen and oxygen atoms in total. The quantitative estimate of drug-likeness (QED) is 0.870. The number of amides is 2. The summed E-state index contributed by atoms with van der Waals surface area (Å²) in [5, 5.41) is 5.50. The van der Waals surface area contributed by atoms with Gasteiger partial charge >= 0.3 is 0 Å². The van der Waals surface area contributed by atoms with E-state index < -0.39 is 0 Å². The number of carbonyl (C=O) groups excluding carboxylic acids is 2. The van der Waals surface area contributed by atoms with Crippen molar-refractivity contribution in [2.75, 3.05) is 6.54 Å². The number of aryl methyl sites for hydroxylation is 1. The molecule has 1 aliphatic rings. The Morgan fingerprint density at radius 1 is 1.26 bits per heavy atom. The molecule has 104 valence electrons. The molecular formula is C14H20N2O3. The summed E-state index contributed by atoms with van der Waals surface area (Å²) >= 11 is 0. The Labute approximate surface area is 112 Å². The first-order chi connectivity index (χ1) is 9.15. The highest BCUT2D eigenvalue weighted by atomic mass is 16.3. The Bertz CT molecular complexity index is 447. The second kappa shape index (κ2) is 6.41. The van der Waals surface area contributed by atoms with Crippen molar-refractivity contribution in [3.63, 3.8) is 0 Å². The maximum absolute atomic E-state index is 11.7. The summed E-state index contributed by atoms with van der Waals surface area (Å²) in [6, 6.07) is 3.59. The van der Waals surface area contributed by atoms with Crippen LogP contribution in [0.25, 0.3) is 0 Å². The molecule has 0 saturated heterocycles. The van der Waals surface area contributed by atoms with E-state index in [1.54, 1.807) is 19.1 Å². The van der Waals surface area contributed by atoms with Crippen LogP contribution in [0.3, 0.4) is 0 Å². The summed E-state index contributed by atoms with van der Waals surface area (Å²) in [4.78, 5) is 23.4. The fourth-order valence-electron chi connectivity index (χ4n) is 2.33. The van der Waals surface area contributed by atoms with Crippen LogP contribution in [-0.4, -0.2) is 24.4 Å². The van der Waals surface area contributed by atoms with E-state index >= 15 is 0 Å². The molecule has 1 aliphatic carbocycles. The molecule has 0 aromatic carbocycles. The molecule has 0 unspecified atom stereocenters. The molecule has 0 spiro atoms. The van der Waals surface area contributed by atoms with E-state index in [1.165, 1.54) is 19.3 Å². The summed E-state index contributed by atoms with van der Waals surface area (Å²) in [6.45, 7) is 1.77. The highest BCUT2D eigenvalue weighted by molar-refractivity contribution is 5.94. The Hall–Kier alpha value is -1.78. The minimum atomic E-state index is -0.355. The summed E-state index contributed by atoms with van der Waals surface area (Å²) in [5.74, 6) is 0.426. The van der Waals surface area contributed by atoms with Gasteiger partial charge in [0.2, 0.25) is 5.91 Å². The first-order valence-electron chi connectivity index (χ1n) is 6.79. The molecule has 1 aromatic heterocycles. The molecule has 0 atom stereocenters. The lowest BCUT2D eigenvalue weighted by Gasteiger charge is -2.22. The standard InChI is InChI=1S/C14H20N2O3/c1-10-7-8-12(19-10)14(18)15-9-13(17)16-11-5-3-2-4-6-11/h7-8,11H,2-6,9H2,1H3,(H,15,18)(H,16,17). The van der Waals surface area contributed by atoms with E-state index in [0.717, 1.165) is 12.8 Å². The second-order valence-electron chi connectivity index (χ2n) is 5.00. The van der Waals surface area contributed by atoms with Gasteiger partial charge in [-0.15, -0.1) is 0 Å². The Morgan fingerprint density at radius 2 is 2.00 bits per heavy atom. The van der Waals surface area contributed by atoms with Gasteiger partial charge in [-0.2, -0.15) is 0 Å². The van der Waals surface area contributed by atoms with Crippen LogP contribution in [0.15, 0.2) is 16.5 Å². The van der Waals surface area contributed by atoms with Crippen LogP contribution >= 0.6 is 0 Å². The largest absolute Gasteiger partial charge is 0.456 e. The van der Waals surface area contributed by atoms with Gasteiger partial charge in [-0.25, -0.2) is 0 Å². The number of rotatable bonds is 4. The average Bonchev–Trinajstić information content (AvgIpc) is 2.84. The molecule has 1 saturated carbocycles. The van der Waals surface area contributed by atoms with E-state index in [-0.39, 0.29) is 30.2 Å². The summed E-state index contributed by atoms with van der Waals surface area (Å²) in [5.41, 5.74) is 0.